The summed E-state index contributed by atoms with van der Waals surface area (Å²) in [4.78, 5) is 6.84. The summed E-state index contributed by atoms with van der Waals surface area (Å²) in [6.45, 7) is 3.71. The number of nitrogen functional groups attached to an aromatic ring is 1. The lowest BCUT2D eigenvalue weighted by atomic mass is 9.91. The second-order valence-corrected chi connectivity index (χ2v) is 5.27. The fraction of sp³-hybridized carbons (Fsp3) is 0.667. The van der Waals surface area contributed by atoms with Crippen molar-refractivity contribution in [3.05, 3.63) is 12.1 Å². The van der Waals surface area contributed by atoms with Crippen LogP contribution in [0.5, 0.6) is 5.88 Å². The quantitative estimate of drug-likeness (QED) is 0.763. The number of pyridine rings is 1. The van der Waals surface area contributed by atoms with E-state index >= 15 is 0 Å². The highest BCUT2D eigenvalue weighted by molar-refractivity contribution is 5.55. The van der Waals surface area contributed by atoms with E-state index in [4.69, 9.17) is 15.6 Å². The highest BCUT2D eigenvalue weighted by Crippen LogP contribution is 2.31. The number of ether oxygens (including phenoxy) is 1. The van der Waals surface area contributed by atoms with Crippen LogP contribution in [0.1, 0.15) is 39.0 Å². The van der Waals surface area contributed by atoms with Crippen molar-refractivity contribution in [2.45, 2.75) is 45.1 Å². The zero-order chi connectivity index (χ0) is 14.4. The van der Waals surface area contributed by atoms with Crippen LogP contribution in [0, 0.1) is 0 Å². The molecule has 0 unspecified atom stereocenters. The maximum Gasteiger partial charge on any atom is 0.239 e. The second kappa shape index (κ2) is 7.33. The summed E-state index contributed by atoms with van der Waals surface area (Å²) < 4.78 is 5.60. The number of aliphatic hydroxyl groups is 1. The number of aromatic nitrogens is 1. The van der Waals surface area contributed by atoms with Crippen LogP contribution in [0.3, 0.4) is 0 Å². The van der Waals surface area contributed by atoms with Gasteiger partial charge in [-0.3, -0.25) is 0 Å². The van der Waals surface area contributed by atoms with E-state index in [1.54, 1.807) is 0 Å². The standard InChI is InChI=1S/C15H25N3O2/c1-2-11-20-15-13(16)7-8-14(17-15)18(9-4-10-19)12-5-3-6-12/h7-8,12,19H,2-6,9-11,16H2,1H3. The van der Waals surface area contributed by atoms with E-state index in [1.165, 1.54) is 19.3 Å². The molecule has 0 atom stereocenters. The van der Waals surface area contributed by atoms with Gasteiger partial charge in [-0.1, -0.05) is 6.92 Å². The van der Waals surface area contributed by atoms with Crippen molar-refractivity contribution in [3.8, 4) is 5.88 Å². The third-order valence-corrected chi connectivity index (χ3v) is 3.68. The Balaban J connectivity index is 2.14. The molecule has 1 aromatic rings. The van der Waals surface area contributed by atoms with E-state index in [0.717, 1.165) is 25.2 Å². The van der Waals surface area contributed by atoms with Gasteiger partial charge in [-0.25, -0.2) is 0 Å². The highest BCUT2D eigenvalue weighted by atomic mass is 16.5. The number of hydrogen-bond acceptors (Lipinski definition) is 5. The third kappa shape index (κ3) is 3.54. The molecule has 5 nitrogen and oxygen atoms in total. The van der Waals surface area contributed by atoms with Crippen molar-refractivity contribution in [1.29, 1.82) is 0 Å². The van der Waals surface area contributed by atoms with E-state index in [-0.39, 0.29) is 6.61 Å². The number of nitrogens with two attached hydrogens (primary N) is 1. The van der Waals surface area contributed by atoms with Crippen molar-refractivity contribution >= 4 is 11.5 Å². The molecule has 0 saturated heterocycles. The predicted molar refractivity (Wildman–Crippen MR) is 81.1 cm³/mol. The van der Waals surface area contributed by atoms with Crippen LogP contribution in [0.15, 0.2) is 12.1 Å². The van der Waals surface area contributed by atoms with Crippen molar-refractivity contribution in [1.82, 2.24) is 4.98 Å². The Bertz CT molecular complexity index is 422. The molecular weight excluding hydrogens is 254 g/mol. The fourth-order valence-electron chi connectivity index (χ4n) is 2.34. The Morgan fingerprint density at radius 1 is 1.45 bits per heavy atom. The number of hydrogen-bond donors (Lipinski definition) is 2. The van der Waals surface area contributed by atoms with Gasteiger partial charge in [-0.05, 0) is 44.2 Å². The first kappa shape index (κ1) is 14.9. The van der Waals surface area contributed by atoms with Gasteiger partial charge in [0.25, 0.3) is 0 Å². The van der Waals surface area contributed by atoms with Gasteiger partial charge in [-0.15, -0.1) is 0 Å². The molecule has 112 valence electrons. The minimum atomic E-state index is 0.206. The topological polar surface area (TPSA) is 71.6 Å². The van der Waals surface area contributed by atoms with Crippen LogP contribution in [0.2, 0.25) is 0 Å². The monoisotopic (exact) mass is 279 g/mol. The summed E-state index contributed by atoms with van der Waals surface area (Å²) in [5.74, 6) is 1.43. The Morgan fingerprint density at radius 3 is 2.85 bits per heavy atom. The van der Waals surface area contributed by atoms with Gasteiger partial charge in [0, 0.05) is 19.2 Å². The number of nitrogens with zero attached hydrogens (tertiary/aromatic N) is 2. The predicted octanol–water partition coefficient (Wildman–Crippen LogP) is 2.19. The smallest absolute Gasteiger partial charge is 0.239 e. The first-order chi connectivity index (χ1) is 9.76. The third-order valence-electron chi connectivity index (χ3n) is 3.68. The largest absolute Gasteiger partial charge is 0.476 e. The molecule has 1 heterocycles. The summed E-state index contributed by atoms with van der Waals surface area (Å²) in [5, 5.41) is 9.06. The lowest BCUT2D eigenvalue weighted by molar-refractivity contribution is 0.282. The lowest BCUT2D eigenvalue weighted by Gasteiger charge is -2.38. The molecule has 1 saturated carbocycles. The average Bonchev–Trinajstić information content (AvgIpc) is 2.40. The van der Waals surface area contributed by atoms with E-state index in [9.17, 15) is 0 Å². The molecule has 1 aromatic heterocycles. The van der Waals surface area contributed by atoms with Crippen LogP contribution in [-0.2, 0) is 0 Å². The lowest BCUT2D eigenvalue weighted by Crippen LogP contribution is -2.41. The second-order valence-electron chi connectivity index (χ2n) is 5.27. The van der Waals surface area contributed by atoms with Gasteiger partial charge in [0.1, 0.15) is 5.82 Å². The SMILES string of the molecule is CCCOc1nc(N(CCCO)C2CCC2)ccc1N. The first-order valence-electron chi connectivity index (χ1n) is 7.53. The van der Waals surface area contributed by atoms with Crippen LogP contribution < -0.4 is 15.4 Å². The summed E-state index contributed by atoms with van der Waals surface area (Å²) in [6.07, 6.45) is 5.36. The normalized spacial score (nSPS) is 14.9. The molecule has 2 rings (SSSR count). The molecule has 20 heavy (non-hydrogen) atoms. The molecule has 0 amide bonds. The molecular formula is C15H25N3O2. The molecule has 1 aliphatic rings. The Hall–Kier alpha value is -1.49. The van der Waals surface area contributed by atoms with Gasteiger partial charge in [0.15, 0.2) is 0 Å². The molecule has 1 aliphatic carbocycles. The maximum absolute atomic E-state index is 9.06. The highest BCUT2D eigenvalue weighted by Gasteiger charge is 2.26. The van der Waals surface area contributed by atoms with Crippen molar-refractivity contribution < 1.29 is 9.84 Å². The minimum absolute atomic E-state index is 0.206. The first-order valence-corrected chi connectivity index (χ1v) is 7.53. The van der Waals surface area contributed by atoms with E-state index in [1.807, 2.05) is 12.1 Å². The van der Waals surface area contributed by atoms with Crippen LogP contribution >= 0.6 is 0 Å². The number of aliphatic hydroxyl groups excluding tert-OH is 1. The number of rotatable bonds is 8. The number of anilines is 2. The van der Waals surface area contributed by atoms with Crippen molar-refractivity contribution in [3.63, 3.8) is 0 Å². The van der Waals surface area contributed by atoms with Crippen LogP contribution in [0.4, 0.5) is 11.5 Å². The fourth-order valence-corrected chi connectivity index (χ4v) is 2.34. The van der Waals surface area contributed by atoms with Gasteiger partial charge >= 0.3 is 0 Å². The van der Waals surface area contributed by atoms with Gasteiger partial charge in [0.05, 0.1) is 12.3 Å². The van der Waals surface area contributed by atoms with Crippen LogP contribution in [-0.4, -0.2) is 35.9 Å². The zero-order valence-electron chi connectivity index (χ0n) is 12.2. The van der Waals surface area contributed by atoms with Gasteiger partial charge < -0.3 is 20.5 Å². The zero-order valence-corrected chi connectivity index (χ0v) is 12.2. The Kier molecular flexibility index (Phi) is 5.47. The Morgan fingerprint density at radius 2 is 2.25 bits per heavy atom. The Labute approximate surface area is 120 Å². The average molecular weight is 279 g/mol. The molecule has 1 fully saturated rings. The minimum Gasteiger partial charge on any atom is -0.476 e. The summed E-state index contributed by atoms with van der Waals surface area (Å²) >= 11 is 0. The molecule has 3 N–H and O–H groups in total. The van der Waals surface area contributed by atoms with Gasteiger partial charge in [0.2, 0.25) is 5.88 Å². The van der Waals surface area contributed by atoms with Crippen LogP contribution in [0.25, 0.3) is 0 Å². The van der Waals surface area contributed by atoms with E-state index in [2.05, 4.69) is 16.8 Å². The summed E-state index contributed by atoms with van der Waals surface area (Å²) in [6, 6.07) is 4.35. The van der Waals surface area contributed by atoms with Gasteiger partial charge in [-0.2, -0.15) is 4.98 Å². The molecule has 0 bridgehead atoms. The summed E-state index contributed by atoms with van der Waals surface area (Å²) in [5.41, 5.74) is 6.49. The summed E-state index contributed by atoms with van der Waals surface area (Å²) in [7, 11) is 0. The van der Waals surface area contributed by atoms with Crippen molar-refractivity contribution in [2.24, 2.45) is 0 Å². The molecule has 0 aromatic carbocycles. The van der Waals surface area contributed by atoms with E-state index in [0.29, 0.717) is 24.2 Å². The molecule has 0 aliphatic heterocycles. The van der Waals surface area contributed by atoms with E-state index < -0.39 is 0 Å². The van der Waals surface area contributed by atoms with Crippen molar-refractivity contribution in [2.75, 3.05) is 30.4 Å². The maximum atomic E-state index is 9.06. The molecule has 0 spiro atoms. The molecule has 5 heteroatoms. The molecule has 0 radical (unpaired) electrons.